The molecular weight excluding hydrogens is 356 g/mol. The minimum absolute atomic E-state index is 0.0305. The number of carbonyl (C=O) groups is 2. The number of halogens is 1. The van der Waals surface area contributed by atoms with Gasteiger partial charge in [-0.05, 0) is 48.9 Å². The van der Waals surface area contributed by atoms with Crippen LogP contribution in [0.25, 0.3) is 0 Å². The molecule has 0 radical (unpaired) electrons. The molecule has 0 bridgehead atoms. The third-order valence-electron chi connectivity index (χ3n) is 4.83. The molecule has 1 heterocycles. The zero-order valence-electron chi connectivity index (χ0n) is 14.1. The molecule has 6 heteroatoms. The molecule has 2 aromatic rings. The standard InChI is InChI=1S/C19H21ClN2O2S/c1-13-6-7-14(11-15(13)20)22-18(24)17(23)21-12-19(8-2-3-9-19)16-5-4-10-25-16/h4-7,10-11H,2-3,8-9,12H2,1H3,(H,21,23)(H,22,24). The summed E-state index contributed by atoms with van der Waals surface area (Å²) in [4.78, 5) is 25.6. The first kappa shape index (κ1) is 18.0. The van der Waals surface area contributed by atoms with Gasteiger partial charge < -0.3 is 10.6 Å². The molecule has 1 aromatic heterocycles. The van der Waals surface area contributed by atoms with E-state index < -0.39 is 11.8 Å². The second-order valence-corrected chi connectivity index (χ2v) is 7.92. The van der Waals surface area contributed by atoms with Crippen molar-refractivity contribution in [2.75, 3.05) is 11.9 Å². The topological polar surface area (TPSA) is 58.2 Å². The van der Waals surface area contributed by atoms with E-state index in [0.29, 0.717) is 17.3 Å². The molecule has 1 saturated carbocycles. The van der Waals surface area contributed by atoms with Crippen molar-refractivity contribution in [3.05, 3.63) is 51.2 Å². The average molecular weight is 377 g/mol. The van der Waals surface area contributed by atoms with Gasteiger partial charge in [0.05, 0.1) is 0 Å². The molecule has 0 aliphatic heterocycles. The van der Waals surface area contributed by atoms with Gasteiger partial charge in [0.15, 0.2) is 0 Å². The van der Waals surface area contributed by atoms with Gasteiger partial charge in [0.25, 0.3) is 0 Å². The van der Waals surface area contributed by atoms with Crippen molar-refractivity contribution < 1.29 is 9.59 Å². The Hall–Kier alpha value is -1.85. The van der Waals surface area contributed by atoms with Crippen LogP contribution < -0.4 is 10.6 Å². The van der Waals surface area contributed by atoms with Gasteiger partial charge in [-0.3, -0.25) is 9.59 Å². The van der Waals surface area contributed by atoms with Gasteiger partial charge >= 0.3 is 11.8 Å². The van der Waals surface area contributed by atoms with Gasteiger partial charge in [0.2, 0.25) is 0 Å². The van der Waals surface area contributed by atoms with Crippen LogP contribution in [0.15, 0.2) is 35.7 Å². The molecule has 2 N–H and O–H groups in total. The van der Waals surface area contributed by atoms with Crippen molar-refractivity contribution in [2.24, 2.45) is 0 Å². The Morgan fingerprint density at radius 2 is 1.96 bits per heavy atom. The highest BCUT2D eigenvalue weighted by Gasteiger charge is 2.37. The van der Waals surface area contributed by atoms with Crippen LogP contribution in [0.2, 0.25) is 5.02 Å². The molecule has 1 aliphatic rings. The predicted octanol–water partition coefficient (Wildman–Crippen LogP) is 4.28. The maximum absolute atomic E-state index is 12.2. The first-order chi connectivity index (χ1) is 12.0. The number of benzene rings is 1. The highest BCUT2D eigenvalue weighted by molar-refractivity contribution is 7.10. The van der Waals surface area contributed by atoms with Crippen molar-refractivity contribution in [1.29, 1.82) is 0 Å². The first-order valence-corrected chi connectivity index (χ1v) is 9.65. The maximum atomic E-state index is 12.2. The van der Waals surface area contributed by atoms with Crippen molar-refractivity contribution >= 4 is 40.4 Å². The number of carbonyl (C=O) groups excluding carboxylic acids is 2. The summed E-state index contributed by atoms with van der Waals surface area (Å²) in [6, 6.07) is 9.34. The van der Waals surface area contributed by atoms with E-state index >= 15 is 0 Å². The summed E-state index contributed by atoms with van der Waals surface area (Å²) in [7, 11) is 0. The third-order valence-corrected chi connectivity index (χ3v) is 6.35. The molecule has 0 saturated heterocycles. The second kappa shape index (κ2) is 7.58. The lowest BCUT2D eigenvalue weighted by Gasteiger charge is -2.28. The number of hydrogen-bond donors (Lipinski definition) is 2. The lowest BCUT2D eigenvalue weighted by molar-refractivity contribution is -0.136. The Bertz CT molecular complexity index is 768. The summed E-state index contributed by atoms with van der Waals surface area (Å²) in [5, 5.41) is 8.04. The summed E-state index contributed by atoms with van der Waals surface area (Å²) in [5.74, 6) is -1.28. The van der Waals surface area contributed by atoms with Gasteiger partial charge in [0.1, 0.15) is 0 Å². The van der Waals surface area contributed by atoms with Gasteiger partial charge in [-0.2, -0.15) is 0 Å². The van der Waals surface area contributed by atoms with E-state index in [1.54, 1.807) is 29.5 Å². The zero-order valence-corrected chi connectivity index (χ0v) is 15.7. The number of nitrogens with one attached hydrogen (secondary N) is 2. The van der Waals surface area contributed by atoms with E-state index in [9.17, 15) is 9.59 Å². The quantitative estimate of drug-likeness (QED) is 0.782. The van der Waals surface area contributed by atoms with E-state index in [-0.39, 0.29) is 5.41 Å². The minimum Gasteiger partial charge on any atom is -0.347 e. The highest BCUT2D eigenvalue weighted by atomic mass is 35.5. The number of aryl methyl sites for hydroxylation is 1. The smallest absolute Gasteiger partial charge is 0.313 e. The molecule has 0 unspecified atom stereocenters. The monoisotopic (exact) mass is 376 g/mol. The largest absolute Gasteiger partial charge is 0.347 e. The molecule has 1 aromatic carbocycles. The number of rotatable bonds is 4. The summed E-state index contributed by atoms with van der Waals surface area (Å²) < 4.78 is 0. The Kier molecular flexibility index (Phi) is 5.45. The van der Waals surface area contributed by atoms with Crippen LogP contribution in [0.5, 0.6) is 0 Å². The second-order valence-electron chi connectivity index (χ2n) is 6.57. The van der Waals surface area contributed by atoms with Crippen molar-refractivity contribution in [1.82, 2.24) is 5.32 Å². The molecule has 0 spiro atoms. The fourth-order valence-electron chi connectivity index (χ4n) is 3.33. The number of hydrogen-bond acceptors (Lipinski definition) is 3. The van der Waals surface area contributed by atoms with Gasteiger partial charge in [0, 0.05) is 27.5 Å². The number of amides is 2. The normalized spacial score (nSPS) is 15.8. The Morgan fingerprint density at radius 3 is 2.60 bits per heavy atom. The van der Waals surface area contributed by atoms with Crippen LogP contribution in [-0.2, 0) is 15.0 Å². The lowest BCUT2D eigenvalue weighted by Crippen LogP contribution is -2.43. The van der Waals surface area contributed by atoms with E-state index in [2.05, 4.69) is 22.1 Å². The lowest BCUT2D eigenvalue weighted by atomic mass is 9.84. The predicted molar refractivity (Wildman–Crippen MR) is 102 cm³/mol. The van der Waals surface area contributed by atoms with Crippen molar-refractivity contribution in [2.45, 2.75) is 38.0 Å². The van der Waals surface area contributed by atoms with E-state index in [4.69, 9.17) is 11.6 Å². The van der Waals surface area contributed by atoms with Crippen LogP contribution in [0.4, 0.5) is 5.69 Å². The molecule has 132 valence electrons. The number of thiophene rings is 1. The fraction of sp³-hybridized carbons (Fsp3) is 0.368. The molecule has 0 atom stereocenters. The summed E-state index contributed by atoms with van der Waals surface area (Å²) >= 11 is 7.77. The maximum Gasteiger partial charge on any atom is 0.313 e. The molecule has 25 heavy (non-hydrogen) atoms. The Morgan fingerprint density at radius 1 is 1.20 bits per heavy atom. The van der Waals surface area contributed by atoms with Crippen molar-refractivity contribution in [3.8, 4) is 0 Å². The van der Waals surface area contributed by atoms with Crippen LogP contribution in [0.1, 0.15) is 36.1 Å². The van der Waals surface area contributed by atoms with E-state index in [1.807, 2.05) is 13.0 Å². The molecule has 1 aliphatic carbocycles. The van der Waals surface area contributed by atoms with Crippen LogP contribution in [0.3, 0.4) is 0 Å². The molecule has 1 fully saturated rings. The van der Waals surface area contributed by atoms with Gasteiger partial charge in [-0.15, -0.1) is 11.3 Å². The summed E-state index contributed by atoms with van der Waals surface area (Å²) in [5.41, 5.74) is 1.41. The zero-order chi connectivity index (χ0) is 17.9. The van der Waals surface area contributed by atoms with E-state index in [1.165, 1.54) is 4.88 Å². The Labute approximate surface area is 156 Å². The molecule has 2 amide bonds. The van der Waals surface area contributed by atoms with Gasteiger partial charge in [-0.1, -0.05) is 36.6 Å². The van der Waals surface area contributed by atoms with Crippen molar-refractivity contribution in [3.63, 3.8) is 0 Å². The average Bonchev–Trinajstić information content (AvgIpc) is 3.27. The third kappa shape index (κ3) is 4.05. The molecular formula is C19H21ClN2O2S. The number of anilines is 1. The van der Waals surface area contributed by atoms with Crippen LogP contribution in [-0.4, -0.2) is 18.4 Å². The van der Waals surface area contributed by atoms with Gasteiger partial charge in [-0.25, -0.2) is 0 Å². The summed E-state index contributed by atoms with van der Waals surface area (Å²) in [6.45, 7) is 2.38. The highest BCUT2D eigenvalue weighted by Crippen LogP contribution is 2.42. The van der Waals surface area contributed by atoms with Crippen LogP contribution >= 0.6 is 22.9 Å². The van der Waals surface area contributed by atoms with E-state index in [0.717, 1.165) is 31.2 Å². The Balaban J connectivity index is 1.61. The minimum atomic E-state index is -0.667. The van der Waals surface area contributed by atoms with Crippen LogP contribution in [0, 0.1) is 6.92 Å². The molecule has 4 nitrogen and oxygen atoms in total. The SMILES string of the molecule is Cc1ccc(NC(=O)C(=O)NCC2(c3cccs3)CCCC2)cc1Cl. The summed E-state index contributed by atoms with van der Waals surface area (Å²) in [6.07, 6.45) is 4.40. The molecule has 3 rings (SSSR count). The fourth-order valence-corrected chi connectivity index (χ4v) is 4.50. The first-order valence-electron chi connectivity index (χ1n) is 8.39.